The average Bonchev–Trinajstić information content (AvgIpc) is 3.42. The Hall–Kier alpha value is -3.40. The van der Waals surface area contributed by atoms with E-state index >= 15 is 0 Å². The number of carbonyl (C=O) groups is 3. The van der Waals surface area contributed by atoms with Gasteiger partial charge in [0.05, 0.1) is 18.6 Å². The second-order valence-electron chi connectivity index (χ2n) is 9.28. The maximum absolute atomic E-state index is 13.4. The maximum Gasteiger partial charge on any atom is 0.317 e. The average molecular weight is 481 g/mol. The molecule has 35 heavy (non-hydrogen) atoms. The Morgan fingerprint density at radius 1 is 1.11 bits per heavy atom. The van der Waals surface area contributed by atoms with Crippen molar-refractivity contribution in [1.29, 1.82) is 0 Å². The Morgan fingerprint density at radius 3 is 2.54 bits per heavy atom. The van der Waals surface area contributed by atoms with E-state index in [9.17, 15) is 23.9 Å². The Bertz CT molecular complexity index is 1080. The van der Waals surface area contributed by atoms with Crippen LogP contribution in [0.3, 0.4) is 0 Å². The smallest absolute Gasteiger partial charge is 0.317 e. The standard InChI is InChI=1S/C26H29FN4O4/c27-20-11-22(28-14-20)25(34)30-21-12-23(31(15-21)16-24(32)33)26(35)29-13-19-9-7-18(8-10-19)4-2-1-3-17-5-6-17/h7-10,17,20-23,28H,5-6,11-16H2,(H,29,35)(H,30,34)(H,32,33)/t20-,21+,22-,23+/m0/s1. The van der Waals surface area contributed by atoms with E-state index < -0.39 is 24.2 Å². The number of amides is 2. The molecule has 2 heterocycles. The summed E-state index contributed by atoms with van der Waals surface area (Å²) in [6.07, 6.45) is 1.67. The van der Waals surface area contributed by atoms with E-state index in [4.69, 9.17) is 0 Å². The fraction of sp³-hybridized carbons (Fsp3) is 0.500. The summed E-state index contributed by atoms with van der Waals surface area (Å²) in [4.78, 5) is 38.2. The van der Waals surface area contributed by atoms with Crippen LogP contribution in [-0.4, -0.2) is 71.7 Å². The Kier molecular flexibility index (Phi) is 8.02. The molecule has 4 atom stereocenters. The van der Waals surface area contributed by atoms with Gasteiger partial charge in [0.1, 0.15) is 6.17 Å². The monoisotopic (exact) mass is 480 g/mol. The molecule has 1 saturated carbocycles. The minimum absolute atomic E-state index is 0.111. The summed E-state index contributed by atoms with van der Waals surface area (Å²) in [7, 11) is 0. The number of carboxylic acids is 1. The zero-order chi connectivity index (χ0) is 24.8. The highest BCUT2D eigenvalue weighted by atomic mass is 19.1. The number of hydrogen-bond donors (Lipinski definition) is 4. The van der Waals surface area contributed by atoms with E-state index in [-0.39, 0.29) is 56.9 Å². The SMILES string of the molecule is O=C(O)CN1C[C@H](NC(=O)[C@@H]2C[C@H](F)CN2)C[C@@H]1C(=O)NCc1ccc(C#CC#CC2CC2)cc1. The molecule has 2 saturated heterocycles. The number of likely N-dealkylation sites (tertiary alicyclic amines) is 1. The molecule has 8 nitrogen and oxygen atoms in total. The molecule has 1 aliphatic carbocycles. The van der Waals surface area contributed by atoms with Crippen molar-refractivity contribution in [3.63, 3.8) is 0 Å². The third-order valence-corrected chi connectivity index (χ3v) is 6.33. The van der Waals surface area contributed by atoms with Gasteiger partial charge in [-0.2, -0.15) is 0 Å². The van der Waals surface area contributed by atoms with Gasteiger partial charge >= 0.3 is 5.97 Å². The van der Waals surface area contributed by atoms with Crippen LogP contribution in [0.2, 0.25) is 0 Å². The van der Waals surface area contributed by atoms with Gasteiger partial charge in [0, 0.05) is 43.6 Å². The highest BCUT2D eigenvalue weighted by Crippen LogP contribution is 2.27. The molecule has 0 radical (unpaired) electrons. The fourth-order valence-corrected chi connectivity index (χ4v) is 4.31. The molecular formula is C26H29FN4O4. The van der Waals surface area contributed by atoms with Crippen molar-refractivity contribution in [1.82, 2.24) is 20.9 Å². The van der Waals surface area contributed by atoms with Gasteiger partial charge in [0.15, 0.2) is 0 Å². The number of alkyl halides is 1. The van der Waals surface area contributed by atoms with Gasteiger partial charge in [-0.1, -0.05) is 24.0 Å². The van der Waals surface area contributed by atoms with Crippen LogP contribution >= 0.6 is 0 Å². The largest absolute Gasteiger partial charge is 0.480 e. The first-order chi connectivity index (χ1) is 16.9. The van der Waals surface area contributed by atoms with Crippen molar-refractivity contribution < 1.29 is 23.9 Å². The zero-order valence-electron chi connectivity index (χ0n) is 19.4. The van der Waals surface area contributed by atoms with Crippen LogP contribution in [-0.2, 0) is 20.9 Å². The Balaban J connectivity index is 1.29. The molecule has 0 bridgehead atoms. The lowest BCUT2D eigenvalue weighted by atomic mass is 10.1. The molecule has 0 aromatic heterocycles. The van der Waals surface area contributed by atoms with Crippen LogP contribution in [0.25, 0.3) is 0 Å². The van der Waals surface area contributed by atoms with Gasteiger partial charge in [-0.25, -0.2) is 4.39 Å². The summed E-state index contributed by atoms with van der Waals surface area (Å²) in [5.41, 5.74) is 1.72. The van der Waals surface area contributed by atoms with Crippen molar-refractivity contribution in [2.75, 3.05) is 19.6 Å². The van der Waals surface area contributed by atoms with E-state index in [1.165, 1.54) is 0 Å². The molecule has 0 unspecified atom stereocenters. The lowest BCUT2D eigenvalue weighted by Crippen LogP contribution is -2.46. The highest BCUT2D eigenvalue weighted by Gasteiger charge is 2.39. The molecule has 2 amide bonds. The third-order valence-electron chi connectivity index (χ3n) is 6.33. The number of aliphatic carboxylic acids is 1. The quantitative estimate of drug-likeness (QED) is 0.421. The topological polar surface area (TPSA) is 111 Å². The van der Waals surface area contributed by atoms with Crippen LogP contribution in [0.5, 0.6) is 0 Å². The number of carboxylic acid groups (broad SMARTS) is 1. The van der Waals surface area contributed by atoms with E-state index in [1.807, 2.05) is 24.3 Å². The summed E-state index contributed by atoms with van der Waals surface area (Å²) < 4.78 is 13.4. The van der Waals surface area contributed by atoms with Gasteiger partial charge in [-0.15, -0.1) is 0 Å². The molecule has 1 aromatic rings. The molecule has 9 heteroatoms. The number of hydrogen-bond acceptors (Lipinski definition) is 5. The van der Waals surface area contributed by atoms with E-state index in [1.54, 1.807) is 4.90 Å². The molecule has 184 valence electrons. The normalized spacial score (nSPS) is 25.6. The van der Waals surface area contributed by atoms with Crippen molar-refractivity contribution in [3.05, 3.63) is 35.4 Å². The number of nitrogens with one attached hydrogen (secondary N) is 3. The molecule has 4 rings (SSSR count). The van der Waals surface area contributed by atoms with Gasteiger partial charge in [-0.05, 0) is 48.8 Å². The second kappa shape index (κ2) is 11.4. The summed E-state index contributed by atoms with van der Waals surface area (Å²) in [6.45, 7) is 0.349. The summed E-state index contributed by atoms with van der Waals surface area (Å²) in [5, 5.41) is 17.8. The number of rotatable bonds is 7. The van der Waals surface area contributed by atoms with Crippen LogP contribution in [0, 0.1) is 29.6 Å². The van der Waals surface area contributed by atoms with E-state index in [2.05, 4.69) is 39.6 Å². The molecule has 3 aliphatic rings. The molecular weight excluding hydrogens is 451 g/mol. The first kappa shape index (κ1) is 24.7. The van der Waals surface area contributed by atoms with Crippen molar-refractivity contribution in [3.8, 4) is 23.7 Å². The summed E-state index contributed by atoms with van der Waals surface area (Å²) in [5.74, 6) is 10.6. The van der Waals surface area contributed by atoms with Gasteiger partial charge in [0.2, 0.25) is 11.8 Å². The maximum atomic E-state index is 13.4. The van der Waals surface area contributed by atoms with Gasteiger partial charge in [-0.3, -0.25) is 19.3 Å². The van der Waals surface area contributed by atoms with Crippen LogP contribution in [0.1, 0.15) is 36.8 Å². The first-order valence-corrected chi connectivity index (χ1v) is 11.9. The number of halogens is 1. The molecule has 1 aromatic carbocycles. The molecule has 3 fully saturated rings. The van der Waals surface area contributed by atoms with Crippen molar-refractivity contribution in [2.24, 2.45) is 5.92 Å². The Labute approximate surface area is 204 Å². The van der Waals surface area contributed by atoms with Gasteiger partial charge in [0.25, 0.3) is 0 Å². The lowest BCUT2D eigenvalue weighted by molar-refractivity contribution is -0.139. The third kappa shape index (κ3) is 7.29. The first-order valence-electron chi connectivity index (χ1n) is 11.9. The fourth-order valence-electron chi connectivity index (χ4n) is 4.31. The predicted octanol–water partition coefficient (Wildman–Crippen LogP) is 0.411. The number of nitrogens with zero attached hydrogens (tertiary/aromatic N) is 1. The van der Waals surface area contributed by atoms with Crippen LogP contribution < -0.4 is 16.0 Å². The lowest BCUT2D eigenvalue weighted by Gasteiger charge is -2.21. The summed E-state index contributed by atoms with van der Waals surface area (Å²) in [6, 6.07) is 5.80. The number of carbonyl (C=O) groups excluding carboxylic acids is 2. The minimum Gasteiger partial charge on any atom is -0.480 e. The minimum atomic E-state index is -1.06. The van der Waals surface area contributed by atoms with E-state index in [0.29, 0.717) is 5.92 Å². The predicted molar refractivity (Wildman–Crippen MR) is 127 cm³/mol. The van der Waals surface area contributed by atoms with Crippen molar-refractivity contribution >= 4 is 17.8 Å². The second-order valence-corrected chi connectivity index (χ2v) is 9.28. The van der Waals surface area contributed by atoms with Crippen LogP contribution in [0.15, 0.2) is 24.3 Å². The summed E-state index contributed by atoms with van der Waals surface area (Å²) >= 11 is 0. The van der Waals surface area contributed by atoms with Crippen molar-refractivity contribution in [2.45, 2.75) is 56.5 Å². The van der Waals surface area contributed by atoms with Crippen LogP contribution in [0.4, 0.5) is 4.39 Å². The highest BCUT2D eigenvalue weighted by molar-refractivity contribution is 5.84. The number of benzene rings is 1. The van der Waals surface area contributed by atoms with Gasteiger partial charge < -0.3 is 21.1 Å². The Morgan fingerprint density at radius 2 is 1.89 bits per heavy atom. The molecule has 0 spiro atoms. The molecule has 4 N–H and O–H groups in total. The molecule has 2 aliphatic heterocycles. The zero-order valence-corrected chi connectivity index (χ0v) is 19.4. The van der Waals surface area contributed by atoms with E-state index in [0.717, 1.165) is 24.0 Å².